The van der Waals surface area contributed by atoms with E-state index >= 15 is 0 Å². The van der Waals surface area contributed by atoms with Crippen LogP contribution in [0.2, 0.25) is 5.02 Å². The van der Waals surface area contributed by atoms with Gasteiger partial charge in [0, 0.05) is 17.1 Å². The van der Waals surface area contributed by atoms with Crippen LogP contribution < -0.4 is 0 Å². The predicted molar refractivity (Wildman–Crippen MR) is 73.8 cm³/mol. The molecule has 0 aliphatic carbocycles. The number of benzene rings is 1. The van der Waals surface area contributed by atoms with Crippen LogP contribution in [0, 0.1) is 6.92 Å². The van der Waals surface area contributed by atoms with Gasteiger partial charge in [-0.1, -0.05) is 11.6 Å². The number of halogens is 1. The first kappa shape index (κ1) is 14.8. The third kappa shape index (κ3) is 3.11. The topological polar surface area (TPSA) is 55.8 Å². The number of ether oxygens (including phenoxy) is 2. The summed E-state index contributed by atoms with van der Waals surface area (Å²) < 4.78 is 9.96. The highest BCUT2D eigenvalue weighted by Gasteiger charge is 2.34. The summed E-state index contributed by atoms with van der Waals surface area (Å²) in [7, 11) is 1.29. The normalized spacial score (nSPS) is 18.8. The van der Waals surface area contributed by atoms with Crippen molar-refractivity contribution < 1.29 is 19.1 Å². The van der Waals surface area contributed by atoms with E-state index in [9.17, 15) is 9.59 Å². The number of carbonyl (C=O) groups excluding carboxylic acids is 2. The summed E-state index contributed by atoms with van der Waals surface area (Å²) in [4.78, 5) is 25.7. The monoisotopic (exact) mass is 297 g/mol. The van der Waals surface area contributed by atoms with Gasteiger partial charge in [-0.2, -0.15) is 0 Å². The second-order valence-corrected chi connectivity index (χ2v) is 5.07. The lowest BCUT2D eigenvalue weighted by Gasteiger charge is -2.33. The number of rotatable bonds is 2. The van der Waals surface area contributed by atoms with Gasteiger partial charge in [0.1, 0.15) is 0 Å². The summed E-state index contributed by atoms with van der Waals surface area (Å²) in [6, 6.07) is 4.41. The zero-order valence-corrected chi connectivity index (χ0v) is 12.1. The molecule has 1 heterocycles. The molecule has 0 bridgehead atoms. The first-order valence-electron chi connectivity index (χ1n) is 6.26. The van der Waals surface area contributed by atoms with E-state index in [1.807, 2.05) is 6.92 Å². The largest absolute Gasteiger partial charge is 0.467 e. The Bertz CT molecular complexity index is 512. The summed E-state index contributed by atoms with van der Waals surface area (Å²) in [6.07, 6.45) is 0. The molecule has 6 heteroatoms. The van der Waals surface area contributed by atoms with E-state index in [4.69, 9.17) is 21.1 Å². The van der Waals surface area contributed by atoms with Crippen LogP contribution in [0.3, 0.4) is 0 Å². The van der Waals surface area contributed by atoms with Crippen LogP contribution in [0.1, 0.15) is 15.9 Å². The fourth-order valence-electron chi connectivity index (χ4n) is 2.20. The van der Waals surface area contributed by atoms with Crippen LogP contribution >= 0.6 is 11.6 Å². The second kappa shape index (κ2) is 6.24. The Morgan fingerprint density at radius 1 is 1.40 bits per heavy atom. The third-order valence-electron chi connectivity index (χ3n) is 3.15. The Morgan fingerprint density at radius 3 is 2.80 bits per heavy atom. The highest BCUT2D eigenvalue weighted by molar-refractivity contribution is 6.31. The molecule has 0 N–H and O–H groups in total. The first-order chi connectivity index (χ1) is 9.52. The van der Waals surface area contributed by atoms with Crippen LogP contribution in [0.5, 0.6) is 0 Å². The molecule has 2 rings (SSSR count). The highest BCUT2D eigenvalue weighted by Crippen LogP contribution is 2.19. The Hall–Kier alpha value is -1.59. The zero-order chi connectivity index (χ0) is 14.7. The summed E-state index contributed by atoms with van der Waals surface area (Å²) in [6.45, 7) is 2.76. The molecule has 20 heavy (non-hydrogen) atoms. The van der Waals surface area contributed by atoms with Crippen LogP contribution in [0.15, 0.2) is 18.2 Å². The number of morpholine rings is 1. The van der Waals surface area contributed by atoms with E-state index in [-0.39, 0.29) is 12.5 Å². The predicted octanol–water partition coefficient (Wildman–Crippen LogP) is 1.66. The van der Waals surface area contributed by atoms with Crippen molar-refractivity contribution in [1.82, 2.24) is 4.90 Å². The molecule has 0 radical (unpaired) electrons. The van der Waals surface area contributed by atoms with Gasteiger partial charge in [-0.05, 0) is 30.7 Å². The Morgan fingerprint density at radius 2 is 2.15 bits per heavy atom. The molecule has 108 valence electrons. The highest BCUT2D eigenvalue weighted by atomic mass is 35.5. The summed E-state index contributed by atoms with van der Waals surface area (Å²) in [5.41, 5.74) is 1.36. The van der Waals surface area contributed by atoms with Gasteiger partial charge in [0.25, 0.3) is 5.91 Å². The van der Waals surface area contributed by atoms with E-state index in [2.05, 4.69) is 0 Å². The zero-order valence-electron chi connectivity index (χ0n) is 11.4. The van der Waals surface area contributed by atoms with Crippen molar-refractivity contribution in [2.24, 2.45) is 0 Å². The quantitative estimate of drug-likeness (QED) is 0.779. The molecular formula is C14H16ClNO4. The van der Waals surface area contributed by atoms with Gasteiger partial charge < -0.3 is 14.4 Å². The number of nitrogens with zero attached hydrogens (tertiary/aromatic N) is 1. The van der Waals surface area contributed by atoms with Crippen molar-refractivity contribution in [3.8, 4) is 0 Å². The minimum Gasteiger partial charge on any atom is -0.467 e. The van der Waals surface area contributed by atoms with E-state index in [1.54, 1.807) is 18.2 Å². The van der Waals surface area contributed by atoms with E-state index in [1.165, 1.54) is 12.0 Å². The average molecular weight is 298 g/mol. The van der Waals surface area contributed by atoms with Crippen LogP contribution in [0.4, 0.5) is 0 Å². The average Bonchev–Trinajstić information content (AvgIpc) is 2.44. The molecule has 0 spiro atoms. The smallest absolute Gasteiger partial charge is 0.331 e. The maximum Gasteiger partial charge on any atom is 0.331 e. The molecule has 1 unspecified atom stereocenters. The van der Waals surface area contributed by atoms with Crippen LogP contribution in [0.25, 0.3) is 0 Å². The number of hydrogen-bond acceptors (Lipinski definition) is 4. The van der Waals surface area contributed by atoms with Crippen molar-refractivity contribution in [3.63, 3.8) is 0 Å². The fraction of sp³-hybridized carbons (Fsp3) is 0.429. The standard InChI is InChI=1S/C14H16ClNO4/c1-9-5-10(7-11(15)6-9)13(17)16-3-4-20-8-12(16)14(18)19-2/h5-7,12H,3-4,8H2,1-2H3. The minimum atomic E-state index is -0.708. The maximum absolute atomic E-state index is 12.5. The maximum atomic E-state index is 12.5. The Labute approximate surface area is 122 Å². The van der Waals surface area contributed by atoms with Gasteiger partial charge in [0.2, 0.25) is 0 Å². The van der Waals surface area contributed by atoms with Gasteiger partial charge >= 0.3 is 5.97 Å². The van der Waals surface area contributed by atoms with E-state index in [0.29, 0.717) is 23.7 Å². The molecule has 1 fully saturated rings. The van der Waals surface area contributed by atoms with E-state index < -0.39 is 12.0 Å². The second-order valence-electron chi connectivity index (χ2n) is 4.63. The number of esters is 1. The first-order valence-corrected chi connectivity index (χ1v) is 6.64. The SMILES string of the molecule is COC(=O)C1COCCN1C(=O)c1cc(C)cc(Cl)c1. The number of amides is 1. The van der Waals surface area contributed by atoms with Crippen LogP contribution in [-0.4, -0.2) is 49.7 Å². The molecule has 1 aliphatic heterocycles. The van der Waals surface area contributed by atoms with Crippen molar-refractivity contribution in [2.75, 3.05) is 26.9 Å². The van der Waals surface area contributed by atoms with E-state index in [0.717, 1.165) is 5.56 Å². The molecular weight excluding hydrogens is 282 g/mol. The fourth-order valence-corrected chi connectivity index (χ4v) is 2.49. The van der Waals surface area contributed by atoms with Gasteiger partial charge in [0.15, 0.2) is 6.04 Å². The van der Waals surface area contributed by atoms with Crippen molar-refractivity contribution >= 4 is 23.5 Å². The van der Waals surface area contributed by atoms with Gasteiger partial charge in [-0.3, -0.25) is 4.79 Å². The summed E-state index contributed by atoms with van der Waals surface area (Å²) >= 11 is 5.97. The summed E-state index contributed by atoms with van der Waals surface area (Å²) in [5, 5.41) is 0.497. The molecule has 0 aromatic heterocycles. The summed E-state index contributed by atoms with van der Waals surface area (Å²) in [5.74, 6) is -0.717. The van der Waals surface area contributed by atoms with Gasteiger partial charge in [-0.15, -0.1) is 0 Å². The Kier molecular flexibility index (Phi) is 4.62. The molecule has 0 saturated carbocycles. The molecule has 1 aromatic carbocycles. The van der Waals surface area contributed by atoms with Gasteiger partial charge in [-0.25, -0.2) is 4.79 Å². The molecule has 1 aliphatic rings. The Balaban J connectivity index is 2.27. The number of carbonyl (C=O) groups is 2. The molecule has 1 saturated heterocycles. The molecule has 1 amide bonds. The number of hydrogen-bond donors (Lipinski definition) is 0. The molecule has 1 aromatic rings. The molecule has 5 nitrogen and oxygen atoms in total. The lowest BCUT2D eigenvalue weighted by atomic mass is 10.1. The number of aryl methyl sites for hydroxylation is 1. The van der Waals surface area contributed by atoms with Crippen molar-refractivity contribution in [3.05, 3.63) is 34.3 Å². The molecule has 1 atom stereocenters. The minimum absolute atomic E-state index is 0.151. The van der Waals surface area contributed by atoms with Crippen molar-refractivity contribution in [2.45, 2.75) is 13.0 Å². The lowest BCUT2D eigenvalue weighted by molar-refractivity contribution is -0.151. The third-order valence-corrected chi connectivity index (χ3v) is 3.37. The van der Waals surface area contributed by atoms with Crippen LogP contribution in [-0.2, 0) is 14.3 Å². The van der Waals surface area contributed by atoms with Crippen molar-refractivity contribution in [1.29, 1.82) is 0 Å². The number of methoxy groups -OCH3 is 1. The lowest BCUT2D eigenvalue weighted by Crippen LogP contribution is -2.53. The van der Waals surface area contributed by atoms with Gasteiger partial charge in [0.05, 0.1) is 20.3 Å².